The van der Waals surface area contributed by atoms with Gasteiger partial charge in [-0.2, -0.15) is 0 Å². The van der Waals surface area contributed by atoms with Crippen LogP contribution in [-0.4, -0.2) is 38.5 Å². The van der Waals surface area contributed by atoms with Crippen LogP contribution in [0.5, 0.6) is 0 Å². The molecular weight excluding hydrogens is 400 g/mol. The molecular formula is C31H33N2+. The maximum absolute atomic E-state index is 2.37. The summed E-state index contributed by atoms with van der Waals surface area (Å²) < 4.78 is 2.19. The van der Waals surface area contributed by atoms with Gasteiger partial charge in [-0.3, -0.25) is 0 Å². The van der Waals surface area contributed by atoms with Crippen molar-refractivity contribution >= 4 is 17.5 Å². The number of anilines is 1. The molecule has 0 spiro atoms. The van der Waals surface area contributed by atoms with E-state index in [1.165, 1.54) is 44.8 Å². The molecule has 33 heavy (non-hydrogen) atoms. The number of hydrogen-bond donors (Lipinski definition) is 0. The van der Waals surface area contributed by atoms with E-state index in [1.807, 2.05) is 0 Å². The van der Waals surface area contributed by atoms with Crippen molar-refractivity contribution in [2.24, 2.45) is 0 Å². The summed E-state index contributed by atoms with van der Waals surface area (Å²) in [7, 11) is 8.44. The predicted octanol–water partition coefficient (Wildman–Crippen LogP) is 6.33. The van der Waals surface area contributed by atoms with E-state index in [2.05, 4.69) is 141 Å². The molecule has 0 atom stereocenters. The molecule has 5 rings (SSSR count). The van der Waals surface area contributed by atoms with Crippen LogP contribution in [0.3, 0.4) is 0 Å². The van der Waals surface area contributed by atoms with Crippen LogP contribution in [0.1, 0.15) is 29.7 Å². The Morgan fingerprint density at radius 1 is 0.727 bits per heavy atom. The number of rotatable bonds is 3. The minimum absolute atomic E-state index is 0. The second-order valence-corrected chi connectivity index (χ2v) is 8.96. The lowest BCUT2D eigenvalue weighted by atomic mass is 9.58. The molecule has 3 aromatic rings. The normalized spacial score (nSPS) is 15.5. The summed E-state index contributed by atoms with van der Waals surface area (Å²) in [6, 6.07) is 28.8. The molecule has 0 unspecified atom stereocenters. The lowest BCUT2D eigenvalue weighted by Gasteiger charge is -2.43. The molecule has 3 aromatic carbocycles. The maximum Gasteiger partial charge on any atom is 0.199 e. The molecule has 166 valence electrons. The molecule has 0 N–H and O–H groups in total. The number of allylic oxidation sites excluding steroid dienone is 5. The quantitative estimate of drug-likeness (QED) is 0.438. The summed E-state index contributed by atoms with van der Waals surface area (Å²) in [6.45, 7) is 0. The van der Waals surface area contributed by atoms with Gasteiger partial charge in [0.05, 0.1) is 5.41 Å². The topological polar surface area (TPSA) is 6.25 Å². The van der Waals surface area contributed by atoms with Gasteiger partial charge in [0.1, 0.15) is 14.1 Å². The van der Waals surface area contributed by atoms with Gasteiger partial charge in [0.2, 0.25) is 0 Å². The monoisotopic (exact) mass is 433 g/mol. The SMILES string of the molecule is C.CN(C)c1ccc2c(c1)C(c1ccccc1)(c1ccccc1)C1=CC(=[N+](C)C)C=CC1=C2. The van der Waals surface area contributed by atoms with Gasteiger partial charge in [-0.1, -0.05) is 74.2 Å². The van der Waals surface area contributed by atoms with Crippen LogP contribution in [0.4, 0.5) is 5.69 Å². The van der Waals surface area contributed by atoms with Crippen LogP contribution in [0, 0.1) is 0 Å². The highest BCUT2D eigenvalue weighted by Gasteiger charge is 2.45. The van der Waals surface area contributed by atoms with Crippen molar-refractivity contribution < 1.29 is 4.58 Å². The molecule has 0 saturated carbocycles. The van der Waals surface area contributed by atoms with Crippen LogP contribution in [0.25, 0.3) is 6.08 Å². The second kappa shape index (κ2) is 8.71. The lowest BCUT2D eigenvalue weighted by molar-refractivity contribution is -0.462. The van der Waals surface area contributed by atoms with E-state index in [9.17, 15) is 0 Å². The Balaban J connectivity index is 0.00000259. The summed E-state index contributed by atoms with van der Waals surface area (Å²) in [5.74, 6) is 0. The van der Waals surface area contributed by atoms with E-state index >= 15 is 0 Å². The van der Waals surface area contributed by atoms with E-state index in [-0.39, 0.29) is 7.43 Å². The van der Waals surface area contributed by atoms with E-state index in [0.29, 0.717) is 0 Å². The predicted molar refractivity (Wildman–Crippen MR) is 143 cm³/mol. The Morgan fingerprint density at radius 3 is 1.88 bits per heavy atom. The Labute approximate surface area is 198 Å². The first-order chi connectivity index (χ1) is 15.5. The Morgan fingerprint density at radius 2 is 1.33 bits per heavy atom. The first-order valence-corrected chi connectivity index (χ1v) is 11.1. The summed E-state index contributed by atoms with van der Waals surface area (Å²) in [6.07, 6.45) is 9.20. The van der Waals surface area contributed by atoms with Gasteiger partial charge in [-0.15, -0.1) is 0 Å². The highest BCUT2D eigenvalue weighted by atomic mass is 15.1. The molecule has 0 bridgehead atoms. The molecule has 0 heterocycles. The van der Waals surface area contributed by atoms with Crippen LogP contribution >= 0.6 is 0 Å². The van der Waals surface area contributed by atoms with Crippen molar-refractivity contribution in [3.8, 4) is 0 Å². The number of benzene rings is 3. The highest BCUT2D eigenvalue weighted by Crippen LogP contribution is 2.53. The van der Waals surface area contributed by atoms with Crippen molar-refractivity contribution in [3.05, 3.63) is 130 Å². The molecule has 0 saturated heterocycles. The molecule has 2 heteroatoms. The molecule has 2 aliphatic carbocycles. The number of hydrogen-bond acceptors (Lipinski definition) is 1. The van der Waals surface area contributed by atoms with Crippen LogP contribution in [0.2, 0.25) is 0 Å². The third kappa shape index (κ3) is 3.56. The molecule has 0 amide bonds. The number of fused-ring (bicyclic) bond motifs is 2. The first-order valence-electron chi connectivity index (χ1n) is 11.1. The fraction of sp³-hybridized carbons (Fsp3) is 0.194. The zero-order valence-electron chi connectivity index (χ0n) is 19.2. The fourth-order valence-electron chi connectivity index (χ4n) is 5.02. The molecule has 0 aromatic heterocycles. The van der Waals surface area contributed by atoms with E-state index in [1.54, 1.807) is 0 Å². The van der Waals surface area contributed by atoms with Gasteiger partial charge in [0.25, 0.3) is 0 Å². The average molecular weight is 434 g/mol. The van der Waals surface area contributed by atoms with Gasteiger partial charge in [0.15, 0.2) is 5.71 Å². The van der Waals surface area contributed by atoms with E-state index < -0.39 is 5.41 Å². The second-order valence-electron chi connectivity index (χ2n) is 8.96. The fourth-order valence-corrected chi connectivity index (χ4v) is 5.02. The highest BCUT2D eigenvalue weighted by molar-refractivity contribution is 6.05. The third-order valence-corrected chi connectivity index (χ3v) is 6.64. The molecule has 2 aliphatic rings. The Kier molecular flexibility index (Phi) is 5.95. The van der Waals surface area contributed by atoms with Crippen molar-refractivity contribution in [1.29, 1.82) is 0 Å². The Hall–Kier alpha value is -3.65. The van der Waals surface area contributed by atoms with E-state index in [4.69, 9.17) is 0 Å². The molecule has 2 nitrogen and oxygen atoms in total. The molecule has 0 radical (unpaired) electrons. The van der Waals surface area contributed by atoms with Gasteiger partial charge in [-0.25, -0.2) is 4.58 Å². The van der Waals surface area contributed by atoms with Gasteiger partial charge in [0, 0.05) is 31.9 Å². The minimum atomic E-state index is -0.403. The van der Waals surface area contributed by atoms with Crippen molar-refractivity contribution in [3.63, 3.8) is 0 Å². The molecule has 0 fully saturated rings. The average Bonchev–Trinajstić information content (AvgIpc) is 2.83. The van der Waals surface area contributed by atoms with Crippen LogP contribution in [0.15, 0.2) is 108 Å². The summed E-state index contributed by atoms with van der Waals surface area (Å²) >= 11 is 0. The van der Waals surface area contributed by atoms with Gasteiger partial charge < -0.3 is 4.90 Å². The smallest absolute Gasteiger partial charge is 0.199 e. The largest absolute Gasteiger partial charge is 0.378 e. The van der Waals surface area contributed by atoms with Gasteiger partial charge in [-0.05, 0) is 57.7 Å². The zero-order valence-corrected chi connectivity index (χ0v) is 19.2. The standard InChI is InChI=1S/C30H29N2.CH4/c1-31(2)26-17-15-22-19-23-16-18-27(32(3)4)21-29(23)30(28(22)20-26,24-11-7-5-8-12-24)25-13-9-6-10-14-25;/h5-21H,1-4H3;1H4/q+1;. The van der Waals surface area contributed by atoms with Crippen molar-refractivity contribution in [2.75, 3.05) is 33.1 Å². The Bertz CT molecular complexity index is 1250. The molecule has 0 aliphatic heterocycles. The minimum Gasteiger partial charge on any atom is -0.378 e. The van der Waals surface area contributed by atoms with Crippen molar-refractivity contribution in [2.45, 2.75) is 12.8 Å². The summed E-state index contributed by atoms with van der Waals surface area (Å²) in [5.41, 5.74) is 9.78. The number of nitrogens with zero attached hydrogens (tertiary/aromatic N) is 2. The van der Waals surface area contributed by atoms with Crippen molar-refractivity contribution in [1.82, 2.24) is 0 Å². The summed E-state index contributed by atoms with van der Waals surface area (Å²) in [5, 5.41) is 0. The van der Waals surface area contributed by atoms with E-state index in [0.717, 1.165) is 0 Å². The zero-order chi connectivity index (χ0) is 22.3. The first kappa shape index (κ1) is 22.5. The summed E-state index contributed by atoms with van der Waals surface area (Å²) in [4.78, 5) is 2.19. The van der Waals surface area contributed by atoms with Gasteiger partial charge >= 0.3 is 0 Å². The van der Waals surface area contributed by atoms with Crippen LogP contribution < -0.4 is 4.90 Å². The maximum atomic E-state index is 2.37. The lowest BCUT2D eigenvalue weighted by Crippen LogP contribution is -2.37. The third-order valence-electron chi connectivity index (χ3n) is 6.64. The van der Waals surface area contributed by atoms with Crippen LogP contribution in [-0.2, 0) is 5.41 Å².